The SMILES string of the molecule is CC(C(=O)O)c1ccc(OCc2cc(-c3ccccc3)cc3c2OC(C)(C)C3)cc1. The summed E-state index contributed by atoms with van der Waals surface area (Å²) in [5.74, 6) is 0.237. The Labute approximate surface area is 177 Å². The van der Waals surface area contributed by atoms with E-state index < -0.39 is 11.9 Å². The minimum Gasteiger partial charge on any atom is -0.489 e. The van der Waals surface area contributed by atoms with Crippen LogP contribution in [0.4, 0.5) is 0 Å². The van der Waals surface area contributed by atoms with E-state index in [9.17, 15) is 4.79 Å². The second-order valence-corrected chi connectivity index (χ2v) is 8.45. The van der Waals surface area contributed by atoms with Crippen molar-refractivity contribution in [3.05, 3.63) is 83.4 Å². The Morgan fingerprint density at radius 1 is 1.07 bits per heavy atom. The van der Waals surface area contributed by atoms with Gasteiger partial charge in [-0.3, -0.25) is 4.79 Å². The molecule has 1 aliphatic heterocycles. The highest BCUT2D eigenvalue weighted by molar-refractivity contribution is 5.75. The quantitative estimate of drug-likeness (QED) is 0.563. The van der Waals surface area contributed by atoms with Crippen LogP contribution in [0.3, 0.4) is 0 Å². The van der Waals surface area contributed by atoms with Crippen LogP contribution < -0.4 is 9.47 Å². The van der Waals surface area contributed by atoms with Crippen molar-refractivity contribution in [2.45, 2.75) is 45.3 Å². The van der Waals surface area contributed by atoms with Crippen molar-refractivity contribution in [3.8, 4) is 22.6 Å². The Bertz CT molecular complexity index is 1050. The van der Waals surface area contributed by atoms with E-state index in [1.54, 1.807) is 19.1 Å². The molecule has 0 radical (unpaired) electrons. The van der Waals surface area contributed by atoms with Gasteiger partial charge in [0.25, 0.3) is 0 Å². The van der Waals surface area contributed by atoms with Crippen molar-refractivity contribution in [1.82, 2.24) is 0 Å². The molecule has 0 saturated carbocycles. The first-order valence-corrected chi connectivity index (χ1v) is 10.2. The number of carboxylic acid groups (broad SMARTS) is 1. The lowest BCUT2D eigenvalue weighted by Gasteiger charge is -2.18. The normalized spacial score (nSPS) is 15.2. The highest BCUT2D eigenvalue weighted by Crippen LogP contribution is 2.41. The molecule has 0 aromatic heterocycles. The van der Waals surface area contributed by atoms with E-state index in [2.05, 4.69) is 38.1 Å². The highest BCUT2D eigenvalue weighted by atomic mass is 16.5. The Morgan fingerprint density at radius 2 is 1.77 bits per heavy atom. The summed E-state index contributed by atoms with van der Waals surface area (Å²) in [6.07, 6.45) is 0.859. The second-order valence-electron chi connectivity index (χ2n) is 8.45. The van der Waals surface area contributed by atoms with Crippen molar-refractivity contribution >= 4 is 5.97 Å². The molecule has 0 amide bonds. The molecule has 1 atom stereocenters. The first kappa shape index (κ1) is 20.0. The zero-order valence-corrected chi connectivity index (χ0v) is 17.5. The lowest BCUT2D eigenvalue weighted by molar-refractivity contribution is -0.138. The lowest BCUT2D eigenvalue weighted by Crippen LogP contribution is -2.25. The van der Waals surface area contributed by atoms with Gasteiger partial charge in [-0.1, -0.05) is 42.5 Å². The van der Waals surface area contributed by atoms with Crippen LogP contribution in [-0.4, -0.2) is 16.7 Å². The molecule has 4 rings (SSSR count). The van der Waals surface area contributed by atoms with Gasteiger partial charge in [-0.05, 0) is 67.3 Å². The molecule has 1 unspecified atom stereocenters. The van der Waals surface area contributed by atoms with Gasteiger partial charge in [0.15, 0.2) is 0 Å². The number of rotatable bonds is 6. The fraction of sp³-hybridized carbons (Fsp3) is 0.269. The molecule has 1 N–H and O–H groups in total. The van der Waals surface area contributed by atoms with Crippen molar-refractivity contribution in [3.63, 3.8) is 0 Å². The highest BCUT2D eigenvalue weighted by Gasteiger charge is 2.32. The molecule has 0 aliphatic carbocycles. The van der Waals surface area contributed by atoms with E-state index >= 15 is 0 Å². The number of benzene rings is 3. The number of aliphatic carboxylic acids is 1. The average Bonchev–Trinajstić information content (AvgIpc) is 3.06. The van der Waals surface area contributed by atoms with Gasteiger partial charge in [0.1, 0.15) is 23.7 Å². The number of ether oxygens (including phenoxy) is 2. The van der Waals surface area contributed by atoms with E-state index in [0.29, 0.717) is 12.4 Å². The number of hydrogen-bond donors (Lipinski definition) is 1. The zero-order chi connectivity index (χ0) is 21.3. The summed E-state index contributed by atoms with van der Waals surface area (Å²) in [6, 6.07) is 21.9. The maximum absolute atomic E-state index is 11.2. The predicted molar refractivity (Wildman–Crippen MR) is 117 cm³/mol. The van der Waals surface area contributed by atoms with Gasteiger partial charge in [-0.25, -0.2) is 0 Å². The summed E-state index contributed by atoms with van der Waals surface area (Å²) >= 11 is 0. The van der Waals surface area contributed by atoms with Crippen LogP contribution in [0.2, 0.25) is 0 Å². The number of fused-ring (bicyclic) bond motifs is 1. The molecule has 0 bridgehead atoms. The first-order chi connectivity index (χ1) is 14.3. The van der Waals surface area contributed by atoms with Crippen molar-refractivity contribution in [1.29, 1.82) is 0 Å². The number of hydrogen-bond acceptors (Lipinski definition) is 3. The molecule has 3 aromatic carbocycles. The molecule has 1 aliphatic rings. The van der Waals surface area contributed by atoms with E-state index in [1.165, 1.54) is 11.1 Å². The second kappa shape index (κ2) is 7.86. The topological polar surface area (TPSA) is 55.8 Å². The largest absolute Gasteiger partial charge is 0.489 e. The summed E-state index contributed by atoms with van der Waals surface area (Å²) in [6.45, 7) is 6.26. The smallest absolute Gasteiger partial charge is 0.310 e. The minimum absolute atomic E-state index is 0.235. The van der Waals surface area contributed by atoms with Gasteiger partial charge >= 0.3 is 5.97 Å². The third kappa shape index (κ3) is 4.18. The van der Waals surface area contributed by atoms with Crippen LogP contribution in [0.15, 0.2) is 66.7 Å². The van der Waals surface area contributed by atoms with E-state index in [4.69, 9.17) is 14.6 Å². The molecule has 3 aromatic rings. The maximum atomic E-state index is 11.2. The molecule has 1 heterocycles. The van der Waals surface area contributed by atoms with E-state index in [-0.39, 0.29) is 5.60 Å². The molecule has 4 heteroatoms. The third-order valence-electron chi connectivity index (χ3n) is 5.49. The van der Waals surface area contributed by atoms with Gasteiger partial charge in [0, 0.05) is 12.0 Å². The Morgan fingerprint density at radius 3 is 2.43 bits per heavy atom. The molecular formula is C26H26O4. The first-order valence-electron chi connectivity index (χ1n) is 10.2. The third-order valence-corrected chi connectivity index (χ3v) is 5.49. The Hall–Kier alpha value is -3.27. The van der Waals surface area contributed by atoms with Gasteiger partial charge in [-0.2, -0.15) is 0 Å². The average molecular weight is 402 g/mol. The number of carboxylic acids is 1. The van der Waals surface area contributed by atoms with Crippen LogP contribution in [0.1, 0.15) is 43.4 Å². The van der Waals surface area contributed by atoms with Crippen molar-refractivity contribution in [2.75, 3.05) is 0 Å². The summed E-state index contributed by atoms with van der Waals surface area (Å²) in [7, 11) is 0. The van der Waals surface area contributed by atoms with Crippen molar-refractivity contribution in [2.24, 2.45) is 0 Å². The fourth-order valence-electron chi connectivity index (χ4n) is 3.85. The molecule has 0 fully saturated rings. The van der Waals surface area contributed by atoms with Crippen LogP contribution in [0, 0.1) is 0 Å². The standard InChI is InChI=1S/C26H26O4/c1-17(25(27)28)18-9-11-23(12-10-18)29-16-22-14-20(19-7-5-4-6-8-19)13-21-15-26(2,3)30-24(21)22/h4-14,17H,15-16H2,1-3H3,(H,27,28). The van der Waals surface area contributed by atoms with Crippen LogP contribution >= 0.6 is 0 Å². The van der Waals surface area contributed by atoms with Crippen molar-refractivity contribution < 1.29 is 19.4 Å². The summed E-state index contributed by atoms with van der Waals surface area (Å²) in [4.78, 5) is 11.2. The Kier molecular flexibility index (Phi) is 5.25. The Balaban J connectivity index is 1.59. The summed E-state index contributed by atoms with van der Waals surface area (Å²) in [5.41, 5.74) is 5.05. The minimum atomic E-state index is -0.836. The maximum Gasteiger partial charge on any atom is 0.310 e. The number of carbonyl (C=O) groups is 1. The summed E-state index contributed by atoms with van der Waals surface area (Å²) < 4.78 is 12.3. The van der Waals surface area contributed by atoms with Crippen LogP contribution in [-0.2, 0) is 17.8 Å². The van der Waals surface area contributed by atoms with Gasteiger partial charge in [-0.15, -0.1) is 0 Å². The van der Waals surface area contributed by atoms with Crippen LogP contribution in [0.5, 0.6) is 11.5 Å². The van der Waals surface area contributed by atoms with E-state index in [0.717, 1.165) is 28.9 Å². The van der Waals surface area contributed by atoms with Gasteiger partial charge in [0.2, 0.25) is 0 Å². The molecule has 4 nitrogen and oxygen atoms in total. The van der Waals surface area contributed by atoms with Gasteiger partial charge in [0.05, 0.1) is 5.92 Å². The molecule has 30 heavy (non-hydrogen) atoms. The lowest BCUT2D eigenvalue weighted by atomic mass is 9.95. The van der Waals surface area contributed by atoms with Crippen LogP contribution in [0.25, 0.3) is 11.1 Å². The summed E-state index contributed by atoms with van der Waals surface area (Å²) in [5, 5.41) is 9.16. The zero-order valence-electron chi connectivity index (χ0n) is 17.5. The fourth-order valence-corrected chi connectivity index (χ4v) is 3.85. The molecule has 154 valence electrons. The molecule has 0 saturated heterocycles. The predicted octanol–water partition coefficient (Wildman–Crippen LogP) is 5.83. The monoisotopic (exact) mass is 402 g/mol. The molecular weight excluding hydrogens is 376 g/mol. The van der Waals surface area contributed by atoms with E-state index in [1.807, 2.05) is 30.3 Å². The molecule has 0 spiro atoms. The van der Waals surface area contributed by atoms with Gasteiger partial charge < -0.3 is 14.6 Å².